The van der Waals surface area contributed by atoms with Crippen LogP contribution in [0.2, 0.25) is 0 Å². The highest BCUT2D eigenvalue weighted by molar-refractivity contribution is 9.10. The number of imide groups is 1. The smallest absolute Gasteiger partial charge is 0.294 e. The number of aromatic hydroxyl groups is 1. The van der Waals surface area contributed by atoms with Gasteiger partial charge in [0, 0.05) is 23.1 Å². The lowest BCUT2D eigenvalue weighted by molar-refractivity contribution is -0.139. The van der Waals surface area contributed by atoms with Crippen LogP contribution in [0.1, 0.15) is 5.56 Å². The summed E-state index contributed by atoms with van der Waals surface area (Å²) in [5.74, 6) is -0.770. The van der Waals surface area contributed by atoms with Crippen LogP contribution in [-0.4, -0.2) is 71.9 Å². The highest BCUT2D eigenvalue weighted by Crippen LogP contribution is 2.38. The molecule has 10 heteroatoms. The molecule has 0 bridgehead atoms. The van der Waals surface area contributed by atoms with E-state index in [1.165, 1.54) is 13.2 Å². The van der Waals surface area contributed by atoms with Crippen LogP contribution in [0.25, 0.3) is 6.08 Å². The van der Waals surface area contributed by atoms with Gasteiger partial charge in [0.15, 0.2) is 11.5 Å². The predicted molar refractivity (Wildman–Crippen MR) is 102 cm³/mol. The zero-order chi connectivity index (χ0) is 19.6. The zero-order valence-corrected chi connectivity index (χ0v) is 16.8. The summed E-state index contributed by atoms with van der Waals surface area (Å²) in [7, 11) is 1.41. The van der Waals surface area contributed by atoms with Gasteiger partial charge in [-0.25, -0.2) is 0 Å². The minimum absolute atomic E-state index is 0.130. The number of methoxy groups -OCH3 is 1. The van der Waals surface area contributed by atoms with Crippen LogP contribution in [0.4, 0.5) is 4.79 Å². The van der Waals surface area contributed by atoms with E-state index in [9.17, 15) is 19.5 Å². The first-order chi connectivity index (χ1) is 12.9. The van der Waals surface area contributed by atoms with Gasteiger partial charge in [0.05, 0.1) is 25.2 Å². The van der Waals surface area contributed by atoms with E-state index in [-0.39, 0.29) is 28.9 Å². The van der Waals surface area contributed by atoms with E-state index >= 15 is 0 Å². The molecular formula is C17H17BrN2O6S. The Bertz CT molecular complexity index is 822. The molecule has 27 heavy (non-hydrogen) atoms. The van der Waals surface area contributed by atoms with Gasteiger partial charge < -0.3 is 19.5 Å². The van der Waals surface area contributed by atoms with Crippen molar-refractivity contribution in [1.82, 2.24) is 9.80 Å². The van der Waals surface area contributed by atoms with Crippen LogP contribution >= 0.6 is 27.7 Å². The van der Waals surface area contributed by atoms with Crippen molar-refractivity contribution in [3.63, 3.8) is 0 Å². The van der Waals surface area contributed by atoms with Crippen molar-refractivity contribution in [2.75, 3.05) is 40.0 Å². The molecule has 1 aromatic rings. The number of halogens is 1. The molecule has 2 heterocycles. The summed E-state index contributed by atoms with van der Waals surface area (Å²) in [5, 5.41) is 9.71. The largest absolute Gasteiger partial charge is 0.504 e. The van der Waals surface area contributed by atoms with E-state index in [1.807, 2.05) is 0 Å². The quantitative estimate of drug-likeness (QED) is 0.692. The summed E-state index contributed by atoms with van der Waals surface area (Å²) < 4.78 is 10.9. The third kappa shape index (κ3) is 4.28. The van der Waals surface area contributed by atoms with Gasteiger partial charge in [-0.3, -0.25) is 19.3 Å². The molecule has 2 aliphatic heterocycles. The summed E-state index contributed by atoms with van der Waals surface area (Å²) in [6.45, 7) is 1.46. The maximum Gasteiger partial charge on any atom is 0.294 e. The molecule has 0 spiro atoms. The molecule has 8 nitrogen and oxygen atoms in total. The summed E-state index contributed by atoms with van der Waals surface area (Å²) >= 11 is 4.03. The maximum absolute atomic E-state index is 12.6. The molecule has 0 unspecified atom stereocenters. The Kier molecular flexibility index (Phi) is 6.08. The number of phenolic OH excluding ortho intramolecular Hbond substituents is 1. The van der Waals surface area contributed by atoms with Gasteiger partial charge in [-0.2, -0.15) is 0 Å². The first-order valence-electron chi connectivity index (χ1n) is 8.08. The number of benzene rings is 1. The number of rotatable bonds is 4. The summed E-state index contributed by atoms with van der Waals surface area (Å²) in [6, 6.07) is 3.18. The van der Waals surface area contributed by atoms with E-state index in [1.54, 1.807) is 17.0 Å². The molecule has 0 radical (unpaired) electrons. The number of carbonyl (C=O) groups is 3. The minimum Gasteiger partial charge on any atom is -0.504 e. The third-order valence-corrected chi connectivity index (χ3v) is 5.47. The van der Waals surface area contributed by atoms with Crippen LogP contribution in [0.15, 0.2) is 21.5 Å². The number of thioether (sulfide) groups is 1. The summed E-state index contributed by atoms with van der Waals surface area (Å²) in [4.78, 5) is 39.7. The second-order valence-electron chi connectivity index (χ2n) is 5.81. The number of hydrogen-bond donors (Lipinski definition) is 1. The molecule has 1 aromatic carbocycles. The fourth-order valence-corrected chi connectivity index (χ4v) is 3.97. The molecule has 0 atom stereocenters. The Morgan fingerprint density at radius 2 is 2.07 bits per heavy atom. The molecule has 3 amide bonds. The number of phenols is 1. The standard InChI is InChI=1S/C17H17BrN2O6S/c1-25-12-8-11(18)6-10(15(12)22)7-13-16(23)20(17(24)27-13)9-14(21)19-2-4-26-5-3-19/h6-8,22H,2-5,9H2,1H3/b13-7-. The fourth-order valence-electron chi connectivity index (χ4n) is 2.69. The topological polar surface area (TPSA) is 96.4 Å². The van der Waals surface area contributed by atoms with Gasteiger partial charge >= 0.3 is 0 Å². The summed E-state index contributed by atoms with van der Waals surface area (Å²) in [6.07, 6.45) is 1.41. The molecule has 144 valence electrons. The molecule has 1 N–H and O–H groups in total. The van der Waals surface area contributed by atoms with Crippen LogP contribution in [-0.2, 0) is 14.3 Å². The highest BCUT2D eigenvalue weighted by atomic mass is 79.9. The number of hydrogen-bond acceptors (Lipinski definition) is 7. The average Bonchev–Trinajstić information content (AvgIpc) is 2.92. The van der Waals surface area contributed by atoms with Crippen molar-refractivity contribution in [2.24, 2.45) is 0 Å². The average molecular weight is 457 g/mol. The maximum atomic E-state index is 12.6. The lowest BCUT2D eigenvalue weighted by Gasteiger charge is -2.28. The van der Waals surface area contributed by atoms with Gasteiger partial charge in [0.1, 0.15) is 6.54 Å². The molecule has 2 fully saturated rings. The molecule has 2 saturated heterocycles. The molecule has 0 aromatic heterocycles. The van der Waals surface area contributed by atoms with E-state index < -0.39 is 11.1 Å². The van der Waals surface area contributed by atoms with Crippen LogP contribution in [0, 0.1) is 0 Å². The van der Waals surface area contributed by atoms with Gasteiger partial charge in [0.2, 0.25) is 5.91 Å². The summed E-state index contributed by atoms with van der Waals surface area (Å²) in [5.41, 5.74) is 0.325. The van der Waals surface area contributed by atoms with Gasteiger partial charge in [-0.05, 0) is 30.0 Å². The first-order valence-corrected chi connectivity index (χ1v) is 9.69. The number of amides is 3. The second-order valence-corrected chi connectivity index (χ2v) is 7.72. The van der Waals surface area contributed by atoms with Crippen molar-refractivity contribution in [1.29, 1.82) is 0 Å². The van der Waals surface area contributed by atoms with Crippen LogP contribution in [0.5, 0.6) is 11.5 Å². The Morgan fingerprint density at radius 3 is 2.74 bits per heavy atom. The molecule has 2 aliphatic rings. The van der Waals surface area contributed by atoms with Crippen LogP contribution < -0.4 is 4.74 Å². The van der Waals surface area contributed by atoms with Crippen LogP contribution in [0.3, 0.4) is 0 Å². The Morgan fingerprint density at radius 1 is 1.37 bits per heavy atom. The van der Waals surface area contributed by atoms with Crippen molar-refractivity contribution in [3.05, 3.63) is 27.1 Å². The van der Waals surface area contributed by atoms with Crippen molar-refractivity contribution >= 4 is 50.8 Å². The Hall–Kier alpha value is -2.04. The normalized spacial score (nSPS) is 19.1. The first kappa shape index (κ1) is 19.7. The third-order valence-electron chi connectivity index (χ3n) is 4.11. The fraction of sp³-hybridized carbons (Fsp3) is 0.353. The number of nitrogens with zero attached hydrogens (tertiary/aromatic N) is 2. The molecular weight excluding hydrogens is 440 g/mol. The number of carbonyl (C=O) groups excluding carboxylic acids is 3. The van der Waals surface area contributed by atoms with E-state index in [4.69, 9.17) is 9.47 Å². The van der Waals surface area contributed by atoms with E-state index in [0.29, 0.717) is 36.3 Å². The Balaban J connectivity index is 1.79. The van der Waals surface area contributed by atoms with Gasteiger partial charge in [-0.1, -0.05) is 15.9 Å². The van der Waals surface area contributed by atoms with Crippen molar-refractivity contribution in [3.8, 4) is 11.5 Å². The SMILES string of the molecule is COc1cc(Br)cc(/C=C2\SC(=O)N(CC(=O)N3CCOCC3)C2=O)c1O. The van der Waals surface area contributed by atoms with E-state index in [2.05, 4.69) is 15.9 Å². The molecule has 0 aliphatic carbocycles. The van der Waals surface area contributed by atoms with Crippen molar-refractivity contribution < 1.29 is 29.0 Å². The van der Waals surface area contributed by atoms with Gasteiger partial charge in [-0.15, -0.1) is 0 Å². The molecule has 3 rings (SSSR count). The highest BCUT2D eigenvalue weighted by Gasteiger charge is 2.37. The monoisotopic (exact) mass is 456 g/mol. The number of morpholine rings is 1. The lowest BCUT2D eigenvalue weighted by atomic mass is 10.1. The lowest BCUT2D eigenvalue weighted by Crippen LogP contribution is -2.46. The second kappa shape index (κ2) is 8.32. The zero-order valence-electron chi connectivity index (χ0n) is 14.4. The number of ether oxygens (including phenoxy) is 2. The minimum atomic E-state index is -0.565. The van der Waals surface area contributed by atoms with Crippen molar-refractivity contribution in [2.45, 2.75) is 0 Å². The molecule has 0 saturated carbocycles. The Labute approximate surface area is 168 Å². The predicted octanol–water partition coefficient (Wildman–Crippen LogP) is 2.06. The van der Waals surface area contributed by atoms with E-state index in [0.717, 1.165) is 16.7 Å². The van der Waals surface area contributed by atoms with Gasteiger partial charge in [0.25, 0.3) is 11.1 Å².